The van der Waals surface area contributed by atoms with E-state index in [1.165, 1.54) is 44.9 Å². The summed E-state index contributed by atoms with van der Waals surface area (Å²) in [5, 5.41) is 10.4. The minimum atomic E-state index is -0.416. The number of carbonyl (C=O) groups excluding carboxylic acids is 3. The standard InChI is InChI=1S/C19H30O2.C18H26O2/c1-18(21)9-7-13-12(11-18)3-4-15-14(13)8-10-19(2)16(15)5-6-17(19)20;1-18-9-8-14-13-5-3-12(19)10-11(13)2-4-15(14)16(18)6-7-17(18)20/h12-16,21H,3-11H2,1-2H3;11,13-16H,2-10H2,1H3/t12-,13+,14-,15-,16+,18-,19+;11-,13+,14-,15-,16+,18+/m11/s1. The van der Waals surface area contributed by atoms with Crippen molar-refractivity contribution in [3.63, 3.8) is 0 Å². The summed E-state index contributed by atoms with van der Waals surface area (Å²) in [5.41, 5.74) is -0.382. The molecule has 0 aliphatic heterocycles. The molecule has 0 radical (unpaired) electrons. The van der Waals surface area contributed by atoms with Crippen molar-refractivity contribution in [3.8, 4) is 0 Å². The first-order valence-corrected chi connectivity index (χ1v) is 17.8. The Kier molecular flexibility index (Phi) is 7.19. The molecule has 0 aromatic rings. The summed E-state index contributed by atoms with van der Waals surface area (Å²) in [7, 11) is 0. The molecular formula is C37H56O4. The van der Waals surface area contributed by atoms with Crippen LogP contribution in [0, 0.1) is 70.0 Å². The van der Waals surface area contributed by atoms with Crippen LogP contribution >= 0.6 is 0 Å². The third-order valence-corrected chi connectivity index (χ3v) is 15.4. The van der Waals surface area contributed by atoms with Gasteiger partial charge in [-0.3, -0.25) is 14.4 Å². The molecule has 0 unspecified atom stereocenters. The van der Waals surface area contributed by atoms with Crippen molar-refractivity contribution in [3.05, 3.63) is 0 Å². The minimum Gasteiger partial charge on any atom is -0.390 e. The first-order valence-electron chi connectivity index (χ1n) is 17.8. The van der Waals surface area contributed by atoms with E-state index in [1.54, 1.807) is 0 Å². The molecule has 8 rings (SSSR count). The zero-order chi connectivity index (χ0) is 28.7. The van der Waals surface area contributed by atoms with Gasteiger partial charge in [-0.1, -0.05) is 13.8 Å². The summed E-state index contributed by atoms with van der Waals surface area (Å²) in [5.74, 6) is 9.26. The molecule has 0 spiro atoms. The monoisotopic (exact) mass is 564 g/mol. The average molecular weight is 565 g/mol. The summed E-state index contributed by atoms with van der Waals surface area (Å²) in [6.07, 6.45) is 19.9. The number of hydrogen-bond donors (Lipinski definition) is 1. The number of aliphatic hydroxyl groups is 1. The van der Waals surface area contributed by atoms with Crippen molar-refractivity contribution in [2.45, 2.75) is 142 Å². The Morgan fingerprint density at radius 3 is 1.63 bits per heavy atom. The SMILES string of the molecule is C[C@@]1(O)CC[C@H]2[C@H](CC[C@@H]3[C@@H]2CC[C@]2(C)C(=O)CC[C@@H]32)C1.C[C@]12CC[C@H]3[C@@H](CC[C@@H]4CC(=O)CC[C@@H]43)[C@@H]1CCC2=O. The van der Waals surface area contributed by atoms with Gasteiger partial charge < -0.3 is 5.11 Å². The number of ketones is 3. The van der Waals surface area contributed by atoms with E-state index in [1.807, 2.05) is 6.92 Å². The van der Waals surface area contributed by atoms with Crippen LogP contribution in [-0.2, 0) is 14.4 Å². The van der Waals surface area contributed by atoms with Crippen LogP contribution in [0.2, 0.25) is 0 Å². The normalized spacial score (nSPS) is 54.0. The minimum absolute atomic E-state index is 0.0124. The predicted octanol–water partition coefficient (Wildman–Crippen LogP) is 7.74. The number of rotatable bonds is 0. The molecular weight excluding hydrogens is 508 g/mol. The van der Waals surface area contributed by atoms with Gasteiger partial charge in [0, 0.05) is 36.5 Å². The maximum absolute atomic E-state index is 12.3. The zero-order valence-electron chi connectivity index (χ0n) is 26.2. The van der Waals surface area contributed by atoms with E-state index in [0.29, 0.717) is 35.1 Å². The molecule has 0 aromatic carbocycles. The summed E-state index contributed by atoms with van der Waals surface area (Å²) >= 11 is 0. The van der Waals surface area contributed by atoms with Gasteiger partial charge in [0.15, 0.2) is 0 Å². The highest BCUT2D eigenvalue weighted by Crippen LogP contribution is 2.63. The first kappa shape index (κ1) is 28.7. The molecule has 4 heteroatoms. The van der Waals surface area contributed by atoms with Crippen LogP contribution in [0.3, 0.4) is 0 Å². The smallest absolute Gasteiger partial charge is 0.139 e. The van der Waals surface area contributed by atoms with Crippen LogP contribution in [0.25, 0.3) is 0 Å². The number of carbonyl (C=O) groups is 3. The third-order valence-electron chi connectivity index (χ3n) is 15.4. The van der Waals surface area contributed by atoms with E-state index >= 15 is 0 Å². The molecule has 41 heavy (non-hydrogen) atoms. The lowest BCUT2D eigenvalue weighted by Gasteiger charge is -2.55. The van der Waals surface area contributed by atoms with Crippen molar-refractivity contribution in [1.29, 1.82) is 0 Å². The van der Waals surface area contributed by atoms with Gasteiger partial charge in [-0.2, -0.15) is 0 Å². The van der Waals surface area contributed by atoms with Crippen molar-refractivity contribution in [2.75, 3.05) is 0 Å². The van der Waals surface area contributed by atoms with Gasteiger partial charge in [0.25, 0.3) is 0 Å². The molecule has 8 aliphatic rings. The Bertz CT molecular complexity index is 1080. The second-order valence-electron chi connectivity index (χ2n) is 17.2. The molecule has 0 heterocycles. The van der Waals surface area contributed by atoms with Crippen molar-refractivity contribution in [2.24, 2.45) is 70.0 Å². The van der Waals surface area contributed by atoms with E-state index in [9.17, 15) is 19.5 Å². The highest BCUT2D eigenvalue weighted by molar-refractivity contribution is 5.87. The largest absolute Gasteiger partial charge is 0.390 e. The van der Waals surface area contributed by atoms with Gasteiger partial charge in [0.2, 0.25) is 0 Å². The Morgan fingerprint density at radius 1 is 0.537 bits per heavy atom. The third kappa shape index (κ3) is 4.65. The predicted molar refractivity (Wildman–Crippen MR) is 160 cm³/mol. The van der Waals surface area contributed by atoms with E-state index in [-0.39, 0.29) is 10.8 Å². The molecule has 8 fully saturated rings. The Balaban J connectivity index is 0.000000135. The van der Waals surface area contributed by atoms with Gasteiger partial charge in [-0.25, -0.2) is 0 Å². The average Bonchev–Trinajstić information content (AvgIpc) is 3.42. The van der Waals surface area contributed by atoms with Crippen LogP contribution in [0.5, 0.6) is 0 Å². The molecule has 1 N–H and O–H groups in total. The van der Waals surface area contributed by atoms with Gasteiger partial charge in [0.1, 0.15) is 17.3 Å². The van der Waals surface area contributed by atoms with Crippen LogP contribution in [-0.4, -0.2) is 28.1 Å². The van der Waals surface area contributed by atoms with E-state index in [0.717, 1.165) is 112 Å². The van der Waals surface area contributed by atoms with E-state index in [2.05, 4.69) is 13.8 Å². The first-order chi connectivity index (χ1) is 19.5. The van der Waals surface area contributed by atoms with Gasteiger partial charge in [-0.15, -0.1) is 0 Å². The van der Waals surface area contributed by atoms with Gasteiger partial charge >= 0.3 is 0 Å². The lowest BCUT2D eigenvalue weighted by Crippen LogP contribution is -2.50. The lowest BCUT2D eigenvalue weighted by molar-refractivity contribution is -0.135. The van der Waals surface area contributed by atoms with Crippen LogP contribution in [0.4, 0.5) is 0 Å². The lowest BCUT2D eigenvalue weighted by atomic mass is 9.50. The van der Waals surface area contributed by atoms with Crippen molar-refractivity contribution in [1.82, 2.24) is 0 Å². The van der Waals surface area contributed by atoms with Gasteiger partial charge in [0.05, 0.1) is 5.60 Å². The van der Waals surface area contributed by atoms with Gasteiger partial charge in [-0.05, 0) is 156 Å². The number of hydrogen-bond acceptors (Lipinski definition) is 4. The fraction of sp³-hybridized carbons (Fsp3) is 0.919. The topological polar surface area (TPSA) is 71.4 Å². The van der Waals surface area contributed by atoms with E-state index in [4.69, 9.17) is 0 Å². The number of Topliss-reactive ketones (excluding diaryl/α,β-unsaturated/α-hetero) is 3. The summed E-state index contributed by atoms with van der Waals surface area (Å²) < 4.78 is 0. The second-order valence-corrected chi connectivity index (χ2v) is 17.2. The molecule has 4 nitrogen and oxygen atoms in total. The Morgan fingerprint density at radius 2 is 1.05 bits per heavy atom. The Labute approximate surface area is 248 Å². The fourth-order valence-corrected chi connectivity index (χ4v) is 13.3. The number of fused-ring (bicyclic) bond motifs is 10. The quantitative estimate of drug-likeness (QED) is 0.327. The fourth-order valence-electron chi connectivity index (χ4n) is 13.3. The maximum Gasteiger partial charge on any atom is 0.139 e. The summed E-state index contributed by atoms with van der Waals surface area (Å²) in [6, 6.07) is 0. The van der Waals surface area contributed by atoms with Crippen LogP contribution in [0.1, 0.15) is 136 Å². The molecule has 0 saturated heterocycles. The molecule has 8 saturated carbocycles. The molecule has 0 bridgehead atoms. The molecule has 8 aliphatic carbocycles. The highest BCUT2D eigenvalue weighted by atomic mass is 16.3. The highest BCUT2D eigenvalue weighted by Gasteiger charge is 2.58. The summed E-state index contributed by atoms with van der Waals surface area (Å²) in [4.78, 5) is 36.3. The van der Waals surface area contributed by atoms with Crippen LogP contribution < -0.4 is 0 Å². The van der Waals surface area contributed by atoms with E-state index < -0.39 is 5.60 Å². The molecule has 0 aromatic heterocycles. The zero-order valence-corrected chi connectivity index (χ0v) is 26.2. The molecule has 228 valence electrons. The second kappa shape index (κ2) is 10.3. The summed E-state index contributed by atoms with van der Waals surface area (Å²) in [6.45, 7) is 6.55. The maximum atomic E-state index is 12.3. The van der Waals surface area contributed by atoms with Crippen molar-refractivity contribution < 1.29 is 19.5 Å². The molecule has 13 atom stereocenters. The van der Waals surface area contributed by atoms with Crippen molar-refractivity contribution >= 4 is 17.3 Å². The molecule has 0 amide bonds. The van der Waals surface area contributed by atoms with Crippen LogP contribution in [0.15, 0.2) is 0 Å². The Hall–Kier alpha value is -1.03.